The highest BCUT2D eigenvalue weighted by Crippen LogP contribution is 2.44. The van der Waals surface area contributed by atoms with Gasteiger partial charge in [0.1, 0.15) is 12.4 Å². The molecular formula is C19H29F3N4O2. The number of fused-ring (bicyclic) bond motifs is 1. The van der Waals surface area contributed by atoms with Crippen molar-refractivity contribution in [3.8, 4) is 0 Å². The van der Waals surface area contributed by atoms with Gasteiger partial charge in [0.25, 0.3) is 0 Å². The van der Waals surface area contributed by atoms with Crippen LogP contribution in [0.25, 0.3) is 0 Å². The number of alkyl halides is 3. The van der Waals surface area contributed by atoms with E-state index in [2.05, 4.69) is 10.4 Å². The number of hydrogen-bond acceptors (Lipinski definition) is 4. The van der Waals surface area contributed by atoms with E-state index in [0.29, 0.717) is 24.6 Å². The van der Waals surface area contributed by atoms with Crippen LogP contribution in [-0.2, 0) is 9.53 Å². The van der Waals surface area contributed by atoms with Gasteiger partial charge in [-0.25, -0.2) is 4.68 Å². The first-order chi connectivity index (χ1) is 13.0. The van der Waals surface area contributed by atoms with Crippen molar-refractivity contribution in [2.45, 2.75) is 64.2 Å². The zero-order valence-corrected chi connectivity index (χ0v) is 16.8. The number of amides is 1. The van der Waals surface area contributed by atoms with Gasteiger partial charge in [0.15, 0.2) is 6.04 Å². The SMILES string of the molecule is COCC(=O)N1CCC[C@@H](c2cc3n(n2)[C@@H](C(F)(F)F)C[C@@H](C(C)(C)C)N3)C1. The second-order valence-corrected chi connectivity index (χ2v) is 8.87. The number of likely N-dealkylation sites (tertiary alicyclic amines) is 1. The van der Waals surface area contributed by atoms with Crippen LogP contribution in [0.3, 0.4) is 0 Å². The molecule has 1 saturated heterocycles. The zero-order chi connectivity index (χ0) is 20.7. The van der Waals surface area contributed by atoms with E-state index >= 15 is 0 Å². The van der Waals surface area contributed by atoms with Crippen molar-refractivity contribution >= 4 is 11.7 Å². The van der Waals surface area contributed by atoms with Crippen LogP contribution < -0.4 is 5.32 Å². The average Bonchev–Trinajstić information content (AvgIpc) is 3.03. The van der Waals surface area contributed by atoms with Crippen molar-refractivity contribution in [3.63, 3.8) is 0 Å². The minimum Gasteiger partial charge on any atom is -0.375 e. The molecule has 1 aromatic heterocycles. The maximum atomic E-state index is 13.7. The lowest BCUT2D eigenvalue weighted by Gasteiger charge is -2.39. The molecule has 6 nitrogen and oxygen atoms in total. The highest BCUT2D eigenvalue weighted by Gasteiger charge is 2.48. The minimum atomic E-state index is -4.36. The lowest BCUT2D eigenvalue weighted by molar-refractivity contribution is -0.175. The van der Waals surface area contributed by atoms with Crippen molar-refractivity contribution in [2.75, 3.05) is 32.1 Å². The number of rotatable bonds is 3. The molecular weight excluding hydrogens is 373 g/mol. The van der Waals surface area contributed by atoms with E-state index in [4.69, 9.17) is 4.74 Å². The van der Waals surface area contributed by atoms with Crippen molar-refractivity contribution in [2.24, 2.45) is 5.41 Å². The lowest BCUT2D eigenvalue weighted by atomic mass is 9.82. The molecule has 2 aliphatic heterocycles. The van der Waals surface area contributed by atoms with Crippen LogP contribution in [0.15, 0.2) is 6.07 Å². The zero-order valence-electron chi connectivity index (χ0n) is 16.8. The fourth-order valence-corrected chi connectivity index (χ4v) is 4.02. The first kappa shape index (κ1) is 21.0. The second kappa shape index (κ2) is 7.57. The Labute approximate surface area is 163 Å². The Bertz CT molecular complexity index is 711. The summed E-state index contributed by atoms with van der Waals surface area (Å²) in [6.45, 7) is 6.92. The second-order valence-electron chi connectivity index (χ2n) is 8.87. The molecule has 1 fully saturated rings. The van der Waals surface area contributed by atoms with Gasteiger partial charge in [0, 0.05) is 38.2 Å². The average molecular weight is 402 g/mol. The predicted molar refractivity (Wildman–Crippen MR) is 99.2 cm³/mol. The molecule has 0 radical (unpaired) electrons. The van der Waals surface area contributed by atoms with E-state index in [1.165, 1.54) is 7.11 Å². The van der Waals surface area contributed by atoms with Crippen LogP contribution in [0, 0.1) is 5.41 Å². The van der Waals surface area contributed by atoms with Crippen LogP contribution in [0.2, 0.25) is 0 Å². The van der Waals surface area contributed by atoms with Crippen molar-refractivity contribution in [1.82, 2.24) is 14.7 Å². The standard InChI is InChI=1S/C19H29F3N4O2/c1-18(2,3)14-9-15(19(20,21)22)26-16(23-14)8-13(24-26)12-6-5-7-25(10-12)17(27)11-28-4/h8,12,14-15,23H,5-7,9-11H2,1-4H3/t12-,14+,15-/m1/s1. The fourth-order valence-electron chi connectivity index (χ4n) is 4.02. The smallest absolute Gasteiger partial charge is 0.375 e. The Balaban J connectivity index is 1.86. The molecule has 2 aliphatic rings. The summed E-state index contributed by atoms with van der Waals surface area (Å²) >= 11 is 0. The molecule has 28 heavy (non-hydrogen) atoms. The molecule has 0 unspecified atom stereocenters. The quantitative estimate of drug-likeness (QED) is 0.840. The maximum Gasteiger partial charge on any atom is 0.410 e. The third-order valence-corrected chi connectivity index (χ3v) is 5.71. The van der Waals surface area contributed by atoms with E-state index in [1.807, 2.05) is 20.8 Å². The number of ether oxygens (including phenoxy) is 1. The van der Waals surface area contributed by atoms with Gasteiger partial charge in [-0.2, -0.15) is 18.3 Å². The third-order valence-electron chi connectivity index (χ3n) is 5.71. The van der Waals surface area contributed by atoms with E-state index in [1.54, 1.807) is 11.0 Å². The maximum absolute atomic E-state index is 13.7. The number of carbonyl (C=O) groups is 1. The molecule has 3 heterocycles. The number of halogens is 3. The summed E-state index contributed by atoms with van der Waals surface area (Å²) in [4.78, 5) is 13.8. The summed E-state index contributed by atoms with van der Waals surface area (Å²) in [7, 11) is 1.47. The van der Waals surface area contributed by atoms with E-state index in [-0.39, 0.29) is 36.3 Å². The number of piperidine rings is 1. The van der Waals surface area contributed by atoms with Crippen molar-refractivity contribution in [1.29, 1.82) is 0 Å². The summed E-state index contributed by atoms with van der Waals surface area (Å²) in [5.41, 5.74) is 0.300. The summed E-state index contributed by atoms with van der Waals surface area (Å²) in [6, 6.07) is -0.218. The number of carbonyl (C=O) groups excluding carboxylic acids is 1. The highest BCUT2D eigenvalue weighted by atomic mass is 19.4. The monoisotopic (exact) mass is 402 g/mol. The van der Waals surface area contributed by atoms with Crippen LogP contribution in [0.5, 0.6) is 0 Å². The first-order valence-electron chi connectivity index (χ1n) is 9.70. The molecule has 3 atom stereocenters. The largest absolute Gasteiger partial charge is 0.410 e. The molecule has 0 bridgehead atoms. The number of nitrogens with one attached hydrogen (secondary N) is 1. The summed E-state index contributed by atoms with van der Waals surface area (Å²) in [6.07, 6.45) is -2.82. The lowest BCUT2D eigenvalue weighted by Crippen LogP contribution is -2.44. The summed E-state index contributed by atoms with van der Waals surface area (Å²) < 4.78 is 47.2. The number of anilines is 1. The minimum absolute atomic E-state index is 0.0113. The molecule has 9 heteroatoms. The molecule has 1 N–H and O–H groups in total. The van der Waals surface area contributed by atoms with Gasteiger partial charge in [0.2, 0.25) is 5.91 Å². The van der Waals surface area contributed by atoms with E-state index in [0.717, 1.165) is 17.5 Å². The highest BCUT2D eigenvalue weighted by molar-refractivity contribution is 5.77. The Morgan fingerprint density at radius 2 is 2.07 bits per heavy atom. The van der Waals surface area contributed by atoms with Crippen LogP contribution in [0.4, 0.5) is 19.0 Å². The topological polar surface area (TPSA) is 59.4 Å². The number of hydrogen-bond donors (Lipinski definition) is 1. The van der Waals surface area contributed by atoms with Gasteiger partial charge >= 0.3 is 6.18 Å². The molecule has 1 amide bonds. The number of aromatic nitrogens is 2. The molecule has 1 aromatic rings. The molecule has 0 spiro atoms. The Morgan fingerprint density at radius 3 is 2.68 bits per heavy atom. The van der Waals surface area contributed by atoms with Crippen LogP contribution in [-0.4, -0.2) is 59.6 Å². The van der Waals surface area contributed by atoms with Crippen molar-refractivity contribution in [3.05, 3.63) is 11.8 Å². The summed E-state index contributed by atoms with van der Waals surface area (Å²) in [5.74, 6) is 0.232. The molecule has 0 aromatic carbocycles. The van der Waals surface area contributed by atoms with Gasteiger partial charge < -0.3 is 15.0 Å². The first-order valence-corrected chi connectivity index (χ1v) is 9.70. The Kier molecular flexibility index (Phi) is 5.67. The van der Waals surface area contributed by atoms with Gasteiger partial charge in [-0.1, -0.05) is 20.8 Å². The molecule has 0 aliphatic carbocycles. The van der Waals surface area contributed by atoms with E-state index in [9.17, 15) is 18.0 Å². The number of nitrogens with zero attached hydrogens (tertiary/aromatic N) is 3. The normalized spacial score (nSPS) is 26.0. The van der Waals surface area contributed by atoms with Gasteiger partial charge in [-0.3, -0.25) is 4.79 Å². The molecule has 0 saturated carbocycles. The molecule has 158 valence electrons. The van der Waals surface area contributed by atoms with Gasteiger partial charge in [-0.05, 0) is 24.7 Å². The summed E-state index contributed by atoms with van der Waals surface area (Å²) in [5, 5.41) is 7.60. The fraction of sp³-hybridized carbons (Fsp3) is 0.789. The third kappa shape index (κ3) is 4.29. The van der Waals surface area contributed by atoms with Gasteiger partial charge in [-0.15, -0.1) is 0 Å². The Morgan fingerprint density at radius 1 is 1.36 bits per heavy atom. The van der Waals surface area contributed by atoms with Crippen LogP contribution in [0.1, 0.15) is 57.7 Å². The van der Waals surface area contributed by atoms with Crippen molar-refractivity contribution < 1.29 is 22.7 Å². The van der Waals surface area contributed by atoms with Gasteiger partial charge in [0.05, 0.1) is 5.69 Å². The molecule has 3 rings (SSSR count). The Hall–Kier alpha value is -1.77. The van der Waals surface area contributed by atoms with E-state index < -0.39 is 12.2 Å². The number of methoxy groups -OCH3 is 1. The van der Waals surface area contributed by atoms with Crippen LogP contribution >= 0.6 is 0 Å². The predicted octanol–water partition coefficient (Wildman–Crippen LogP) is 3.57.